The van der Waals surface area contributed by atoms with E-state index in [9.17, 15) is 9.90 Å². The molecule has 0 radical (unpaired) electrons. The Morgan fingerprint density at radius 3 is 2.15 bits per heavy atom. The molecule has 0 aromatic heterocycles. The molecule has 1 N–H and O–H groups in total. The van der Waals surface area contributed by atoms with Crippen LogP contribution in [-0.2, 0) is 13.3 Å². The minimum Gasteiger partial charge on any atom is -0.465 e. The Morgan fingerprint density at radius 2 is 1.70 bits per heavy atom. The summed E-state index contributed by atoms with van der Waals surface area (Å²) in [6.45, 7) is 14.5. The zero-order valence-electron chi connectivity index (χ0n) is 18.3. The molecule has 0 heterocycles. The second kappa shape index (κ2) is 11.4. The van der Waals surface area contributed by atoms with E-state index < -0.39 is 14.9 Å². The molecule has 2 atom stereocenters. The van der Waals surface area contributed by atoms with E-state index in [0.29, 0.717) is 50.7 Å². The molecule has 7 heteroatoms. The van der Waals surface area contributed by atoms with Crippen LogP contribution in [0.5, 0.6) is 0 Å². The van der Waals surface area contributed by atoms with E-state index in [1.54, 1.807) is 4.90 Å². The van der Waals surface area contributed by atoms with Gasteiger partial charge in [0, 0.05) is 37.9 Å². The van der Waals surface area contributed by atoms with E-state index in [4.69, 9.17) is 13.3 Å². The highest BCUT2D eigenvalue weighted by Crippen LogP contribution is 2.42. The lowest BCUT2D eigenvalue weighted by Gasteiger charge is -2.50. The molecule has 27 heavy (non-hydrogen) atoms. The molecule has 0 bridgehead atoms. The van der Waals surface area contributed by atoms with Gasteiger partial charge in [0.25, 0.3) is 0 Å². The lowest BCUT2D eigenvalue weighted by atomic mass is 9.68. The first kappa shape index (κ1) is 24.4. The molecule has 1 amide bonds. The number of rotatable bonds is 12. The molecule has 1 unspecified atom stereocenters. The highest BCUT2D eigenvalue weighted by Gasteiger charge is 2.46. The minimum absolute atomic E-state index is 0.300. The number of carbonyl (C=O) groups is 1. The van der Waals surface area contributed by atoms with Crippen LogP contribution in [0.1, 0.15) is 73.6 Å². The molecule has 1 aliphatic carbocycles. The van der Waals surface area contributed by atoms with Crippen molar-refractivity contribution in [2.45, 2.75) is 85.2 Å². The predicted molar refractivity (Wildman–Crippen MR) is 110 cm³/mol. The number of nitrogens with zero attached hydrogens (tertiary/aromatic N) is 1. The molecule has 1 saturated carbocycles. The summed E-state index contributed by atoms with van der Waals surface area (Å²) < 4.78 is 17.7. The molecular formula is C20H41NO5Si. The van der Waals surface area contributed by atoms with Crippen LogP contribution in [0.15, 0.2) is 0 Å². The lowest BCUT2D eigenvalue weighted by Crippen LogP contribution is -2.57. The molecule has 160 valence electrons. The third-order valence-corrected chi connectivity index (χ3v) is 9.01. The van der Waals surface area contributed by atoms with Gasteiger partial charge in [-0.05, 0) is 58.8 Å². The molecular weight excluding hydrogens is 362 g/mol. The Labute approximate surface area is 166 Å². The van der Waals surface area contributed by atoms with Gasteiger partial charge in [0.2, 0.25) is 0 Å². The summed E-state index contributed by atoms with van der Waals surface area (Å²) in [6, 6.07) is 0.648. The summed E-state index contributed by atoms with van der Waals surface area (Å²) in [7, 11) is -2.73. The first-order valence-corrected chi connectivity index (χ1v) is 12.6. The van der Waals surface area contributed by atoms with Crippen molar-refractivity contribution in [3.05, 3.63) is 0 Å². The smallest absolute Gasteiger partial charge is 0.465 e. The van der Waals surface area contributed by atoms with Crippen molar-refractivity contribution < 1.29 is 23.2 Å². The molecule has 0 saturated heterocycles. The summed E-state index contributed by atoms with van der Waals surface area (Å²) in [5, 5.41) is 9.97. The molecule has 0 aliphatic heterocycles. The fourth-order valence-electron chi connectivity index (χ4n) is 4.75. The van der Waals surface area contributed by atoms with Crippen LogP contribution in [0, 0.1) is 11.8 Å². The van der Waals surface area contributed by atoms with Gasteiger partial charge in [-0.3, -0.25) is 0 Å². The summed E-state index contributed by atoms with van der Waals surface area (Å²) >= 11 is 0. The normalized spacial score (nSPS) is 23.6. The minimum atomic E-state index is -2.73. The first-order valence-electron chi connectivity index (χ1n) is 10.7. The zero-order chi connectivity index (χ0) is 20.5. The summed E-state index contributed by atoms with van der Waals surface area (Å²) in [5.41, 5.74) is -0.300. The second-order valence-electron chi connectivity index (χ2n) is 7.97. The maximum Gasteiger partial charge on any atom is 0.500 e. The van der Waals surface area contributed by atoms with Crippen molar-refractivity contribution in [3.63, 3.8) is 0 Å². The summed E-state index contributed by atoms with van der Waals surface area (Å²) in [5.74, 6) is 0.871. The Hall–Kier alpha value is -0.633. The number of carboxylic acid groups (broad SMARTS) is 1. The SMILES string of the molecule is CCO[Si](CCCN(C(=O)O)[C@@]1(C)CCCCC1C(C)C)(OCC)OCC. The van der Waals surface area contributed by atoms with Gasteiger partial charge < -0.3 is 23.3 Å². The summed E-state index contributed by atoms with van der Waals surface area (Å²) in [6.07, 6.45) is 4.21. The largest absolute Gasteiger partial charge is 0.500 e. The first-order chi connectivity index (χ1) is 12.8. The second-order valence-corrected chi connectivity index (χ2v) is 10.7. The Bertz CT molecular complexity index is 431. The predicted octanol–water partition coefficient (Wildman–Crippen LogP) is 5.01. The molecule has 1 aliphatic rings. The van der Waals surface area contributed by atoms with Crippen LogP contribution < -0.4 is 0 Å². The highest BCUT2D eigenvalue weighted by molar-refractivity contribution is 6.60. The van der Waals surface area contributed by atoms with Crippen LogP contribution in [0.25, 0.3) is 0 Å². The van der Waals surface area contributed by atoms with Crippen molar-refractivity contribution in [2.24, 2.45) is 11.8 Å². The summed E-state index contributed by atoms with van der Waals surface area (Å²) in [4.78, 5) is 13.8. The maximum atomic E-state index is 12.1. The molecule has 1 rings (SSSR count). The average molecular weight is 404 g/mol. The van der Waals surface area contributed by atoms with Gasteiger partial charge in [0.05, 0.1) is 0 Å². The van der Waals surface area contributed by atoms with Crippen molar-refractivity contribution in [1.29, 1.82) is 0 Å². The maximum absolute atomic E-state index is 12.1. The lowest BCUT2D eigenvalue weighted by molar-refractivity contribution is 0.00177. The van der Waals surface area contributed by atoms with Crippen molar-refractivity contribution >= 4 is 14.9 Å². The zero-order valence-corrected chi connectivity index (χ0v) is 19.3. The van der Waals surface area contributed by atoms with Crippen LogP contribution in [0.4, 0.5) is 4.79 Å². The molecule has 0 aromatic carbocycles. The van der Waals surface area contributed by atoms with Crippen LogP contribution in [0.3, 0.4) is 0 Å². The quantitative estimate of drug-likeness (QED) is 0.464. The van der Waals surface area contributed by atoms with Gasteiger partial charge in [0.15, 0.2) is 0 Å². The fourth-order valence-corrected chi connectivity index (χ4v) is 7.35. The number of hydrogen-bond acceptors (Lipinski definition) is 4. The third kappa shape index (κ3) is 6.44. The van der Waals surface area contributed by atoms with Gasteiger partial charge in [-0.25, -0.2) is 4.79 Å². The number of hydrogen-bond donors (Lipinski definition) is 1. The standard InChI is InChI=1S/C20H41NO5Si/c1-7-24-27(25-8-2,26-9-3)16-12-15-21(19(22)23)20(6)14-11-10-13-18(20)17(4)5/h17-18H,7-16H2,1-6H3,(H,22,23)/t18?,20-/m0/s1. The monoisotopic (exact) mass is 403 g/mol. The van der Waals surface area contributed by atoms with Crippen LogP contribution in [-0.4, -0.2) is 56.8 Å². The van der Waals surface area contributed by atoms with Crippen molar-refractivity contribution in [2.75, 3.05) is 26.4 Å². The molecule has 6 nitrogen and oxygen atoms in total. The Morgan fingerprint density at radius 1 is 1.15 bits per heavy atom. The van der Waals surface area contributed by atoms with E-state index >= 15 is 0 Å². The van der Waals surface area contributed by atoms with E-state index in [1.807, 2.05) is 20.8 Å². The van der Waals surface area contributed by atoms with Gasteiger partial charge in [-0.1, -0.05) is 26.7 Å². The van der Waals surface area contributed by atoms with Crippen LogP contribution in [0.2, 0.25) is 6.04 Å². The number of amides is 1. The molecule has 1 fully saturated rings. The van der Waals surface area contributed by atoms with E-state index in [1.165, 1.54) is 6.42 Å². The van der Waals surface area contributed by atoms with Crippen LogP contribution >= 0.6 is 0 Å². The van der Waals surface area contributed by atoms with E-state index in [0.717, 1.165) is 19.3 Å². The Kier molecular flexibility index (Phi) is 10.3. The van der Waals surface area contributed by atoms with Gasteiger partial charge in [0.1, 0.15) is 0 Å². The highest BCUT2D eigenvalue weighted by atomic mass is 28.4. The van der Waals surface area contributed by atoms with E-state index in [2.05, 4.69) is 20.8 Å². The fraction of sp³-hybridized carbons (Fsp3) is 0.950. The third-order valence-electron chi connectivity index (χ3n) is 5.86. The topological polar surface area (TPSA) is 68.2 Å². The molecule has 0 spiro atoms. The van der Waals surface area contributed by atoms with Gasteiger partial charge in [-0.2, -0.15) is 0 Å². The Balaban J connectivity index is 2.88. The van der Waals surface area contributed by atoms with Crippen molar-refractivity contribution in [1.82, 2.24) is 4.90 Å². The van der Waals surface area contributed by atoms with Gasteiger partial charge in [-0.15, -0.1) is 0 Å². The van der Waals surface area contributed by atoms with Gasteiger partial charge >= 0.3 is 14.9 Å². The average Bonchev–Trinajstić information content (AvgIpc) is 2.59. The molecule has 0 aromatic rings. The van der Waals surface area contributed by atoms with E-state index in [-0.39, 0.29) is 5.54 Å². The van der Waals surface area contributed by atoms with Crippen molar-refractivity contribution in [3.8, 4) is 0 Å².